The van der Waals surface area contributed by atoms with E-state index in [1.165, 1.54) is 7.11 Å². The first-order valence-electron chi connectivity index (χ1n) is 5.49. The van der Waals surface area contributed by atoms with Gasteiger partial charge in [-0.3, -0.25) is 0 Å². The molecule has 1 unspecified atom stereocenters. The van der Waals surface area contributed by atoms with E-state index in [9.17, 15) is 5.11 Å². The fourth-order valence-electron chi connectivity index (χ4n) is 1.76. The summed E-state index contributed by atoms with van der Waals surface area (Å²) in [7, 11) is 1.54. The van der Waals surface area contributed by atoms with Crippen LogP contribution in [0.4, 0.5) is 0 Å². The number of rotatable bonds is 3. The van der Waals surface area contributed by atoms with Gasteiger partial charge in [-0.25, -0.2) is 0 Å². The van der Waals surface area contributed by atoms with Gasteiger partial charge in [0.25, 0.3) is 0 Å². The average molecular weight is 318 g/mol. The lowest BCUT2D eigenvalue weighted by Crippen LogP contribution is -2.01. The molecule has 19 heavy (non-hydrogen) atoms. The Kier molecular flexibility index (Phi) is 4.58. The van der Waals surface area contributed by atoms with Crippen LogP contribution in [0.15, 0.2) is 36.4 Å². The fraction of sp³-hybridized carbons (Fsp3) is 0.143. The van der Waals surface area contributed by atoms with E-state index >= 15 is 0 Å². The highest BCUT2D eigenvalue weighted by atomic mass is 35.5. The van der Waals surface area contributed by atoms with Gasteiger partial charge in [0.05, 0.1) is 12.1 Å². The summed E-state index contributed by atoms with van der Waals surface area (Å²) in [5.74, 6) is 0.555. The van der Waals surface area contributed by atoms with Crippen molar-refractivity contribution < 1.29 is 9.84 Å². The Bertz CT molecular complexity index is 599. The Morgan fingerprint density at radius 1 is 1.00 bits per heavy atom. The maximum atomic E-state index is 10.3. The Morgan fingerprint density at radius 3 is 2.32 bits per heavy atom. The Labute approximate surface area is 126 Å². The molecule has 0 aliphatic carbocycles. The SMILES string of the molecule is COc1ccc(C(O)c2ccc(Cl)cc2Cl)cc1Cl. The molecule has 5 heteroatoms. The van der Waals surface area contributed by atoms with Gasteiger partial charge in [-0.15, -0.1) is 0 Å². The second-order valence-electron chi connectivity index (χ2n) is 3.96. The first-order chi connectivity index (χ1) is 9.02. The number of benzene rings is 2. The Hall–Kier alpha value is -0.930. The van der Waals surface area contributed by atoms with Crippen LogP contribution < -0.4 is 4.74 Å². The van der Waals surface area contributed by atoms with Gasteiger partial charge in [-0.2, -0.15) is 0 Å². The van der Waals surface area contributed by atoms with E-state index in [0.29, 0.717) is 31.9 Å². The van der Waals surface area contributed by atoms with E-state index in [1.54, 1.807) is 36.4 Å². The third-order valence-electron chi connectivity index (χ3n) is 2.75. The van der Waals surface area contributed by atoms with Crippen LogP contribution in [0.2, 0.25) is 15.1 Å². The van der Waals surface area contributed by atoms with Crippen molar-refractivity contribution in [2.45, 2.75) is 6.10 Å². The third-order valence-corrected chi connectivity index (χ3v) is 3.61. The summed E-state index contributed by atoms with van der Waals surface area (Å²) in [5.41, 5.74) is 1.21. The molecular weight excluding hydrogens is 307 g/mol. The first-order valence-corrected chi connectivity index (χ1v) is 6.62. The lowest BCUT2D eigenvalue weighted by molar-refractivity contribution is 0.220. The Balaban J connectivity index is 2.38. The standard InChI is InChI=1S/C14H11Cl3O2/c1-19-13-5-2-8(6-12(13)17)14(18)10-4-3-9(15)7-11(10)16/h2-7,14,18H,1H3. The highest BCUT2D eigenvalue weighted by Crippen LogP contribution is 2.33. The number of methoxy groups -OCH3 is 1. The molecule has 100 valence electrons. The van der Waals surface area contributed by atoms with Gasteiger partial charge in [0.1, 0.15) is 11.9 Å². The van der Waals surface area contributed by atoms with Crippen molar-refractivity contribution in [3.63, 3.8) is 0 Å². The molecule has 0 amide bonds. The summed E-state index contributed by atoms with van der Waals surface area (Å²) in [4.78, 5) is 0. The lowest BCUT2D eigenvalue weighted by Gasteiger charge is -2.14. The molecule has 0 aliphatic heterocycles. The minimum Gasteiger partial charge on any atom is -0.495 e. The second kappa shape index (κ2) is 6.02. The van der Waals surface area contributed by atoms with Crippen molar-refractivity contribution in [1.29, 1.82) is 0 Å². The molecule has 0 saturated heterocycles. The van der Waals surface area contributed by atoms with Crippen molar-refractivity contribution in [1.82, 2.24) is 0 Å². The van der Waals surface area contributed by atoms with Crippen molar-refractivity contribution in [2.24, 2.45) is 0 Å². The van der Waals surface area contributed by atoms with E-state index in [1.807, 2.05) is 0 Å². The molecule has 0 aliphatic rings. The van der Waals surface area contributed by atoms with Gasteiger partial charge < -0.3 is 9.84 Å². The summed E-state index contributed by atoms with van der Waals surface area (Å²) in [6.45, 7) is 0. The fourth-order valence-corrected chi connectivity index (χ4v) is 2.53. The van der Waals surface area contributed by atoms with Crippen LogP contribution in [0.25, 0.3) is 0 Å². The summed E-state index contributed by atoms with van der Waals surface area (Å²) >= 11 is 17.9. The number of aliphatic hydroxyl groups is 1. The van der Waals surface area contributed by atoms with E-state index < -0.39 is 6.10 Å². The minimum absolute atomic E-state index is 0.409. The van der Waals surface area contributed by atoms with Crippen molar-refractivity contribution >= 4 is 34.8 Å². The molecule has 2 rings (SSSR count). The smallest absolute Gasteiger partial charge is 0.137 e. The third kappa shape index (κ3) is 3.15. The minimum atomic E-state index is -0.867. The number of hydrogen-bond acceptors (Lipinski definition) is 2. The van der Waals surface area contributed by atoms with E-state index in [0.717, 1.165) is 0 Å². The van der Waals surface area contributed by atoms with Gasteiger partial charge in [-0.05, 0) is 29.8 Å². The predicted octanol–water partition coefficient (Wildman–Crippen LogP) is 4.74. The van der Waals surface area contributed by atoms with Crippen molar-refractivity contribution in [3.8, 4) is 5.75 Å². The topological polar surface area (TPSA) is 29.5 Å². The zero-order chi connectivity index (χ0) is 14.0. The number of aliphatic hydroxyl groups excluding tert-OH is 1. The molecule has 1 N–H and O–H groups in total. The van der Waals surface area contributed by atoms with Gasteiger partial charge >= 0.3 is 0 Å². The second-order valence-corrected chi connectivity index (χ2v) is 5.21. The zero-order valence-electron chi connectivity index (χ0n) is 10.0. The predicted molar refractivity (Wildman–Crippen MR) is 78.5 cm³/mol. The van der Waals surface area contributed by atoms with Crippen LogP contribution in [0.5, 0.6) is 5.75 Å². The largest absolute Gasteiger partial charge is 0.495 e. The maximum absolute atomic E-state index is 10.3. The van der Waals surface area contributed by atoms with Gasteiger partial charge in [0, 0.05) is 15.6 Å². The normalized spacial score (nSPS) is 12.3. The number of ether oxygens (including phenoxy) is 1. The lowest BCUT2D eigenvalue weighted by atomic mass is 10.0. The van der Waals surface area contributed by atoms with E-state index in [4.69, 9.17) is 39.5 Å². The number of halogens is 3. The molecule has 2 aromatic rings. The van der Waals surface area contributed by atoms with Gasteiger partial charge in [0.2, 0.25) is 0 Å². The molecule has 0 radical (unpaired) electrons. The van der Waals surface area contributed by atoms with Crippen LogP contribution in [-0.4, -0.2) is 12.2 Å². The summed E-state index contributed by atoms with van der Waals surface area (Å²) in [6.07, 6.45) is -0.867. The van der Waals surface area contributed by atoms with Crippen molar-refractivity contribution in [2.75, 3.05) is 7.11 Å². The molecule has 0 saturated carbocycles. The maximum Gasteiger partial charge on any atom is 0.137 e. The van der Waals surface area contributed by atoms with Gasteiger partial charge in [-0.1, -0.05) is 46.9 Å². The zero-order valence-corrected chi connectivity index (χ0v) is 12.3. The Morgan fingerprint density at radius 2 is 1.74 bits per heavy atom. The highest BCUT2D eigenvalue weighted by molar-refractivity contribution is 6.35. The van der Waals surface area contributed by atoms with Crippen LogP contribution in [-0.2, 0) is 0 Å². The molecule has 2 nitrogen and oxygen atoms in total. The quantitative estimate of drug-likeness (QED) is 0.886. The molecule has 0 fully saturated rings. The van der Waals surface area contributed by atoms with E-state index in [2.05, 4.69) is 0 Å². The monoisotopic (exact) mass is 316 g/mol. The van der Waals surface area contributed by atoms with Crippen LogP contribution >= 0.6 is 34.8 Å². The van der Waals surface area contributed by atoms with Crippen LogP contribution in [0.3, 0.4) is 0 Å². The molecule has 0 spiro atoms. The molecule has 2 aromatic carbocycles. The average Bonchev–Trinajstić information content (AvgIpc) is 2.38. The van der Waals surface area contributed by atoms with Crippen LogP contribution in [0.1, 0.15) is 17.2 Å². The highest BCUT2D eigenvalue weighted by Gasteiger charge is 2.15. The molecule has 0 bridgehead atoms. The van der Waals surface area contributed by atoms with Crippen LogP contribution in [0, 0.1) is 0 Å². The summed E-state index contributed by atoms with van der Waals surface area (Å²) in [5, 5.41) is 11.7. The first kappa shape index (κ1) is 14.5. The number of hydrogen-bond donors (Lipinski definition) is 1. The summed E-state index contributed by atoms with van der Waals surface area (Å²) in [6, 6.07) is 10.0. The molecule has 0 aromatic heterocycles. The van der Waals surface area contributed by atoms with E-state index in [-0.39, 0.29) is 0 Å². The van der Waals surface area contributed by atoms with Crippen molar-refractivity contribution in [3.05, 3.63) is 62.6 Å². The van der Waals surface area contributed by atoms with Gasteiger partial charge in [0.15, 0.2) is 0 Å². The molecule has 1 atom stereocenters. The molecular formula is C14H11Cl3O2. The molecule has 0 heterocycles. The summed E-state index contributed by atoms with van der Waals surface area (Å²) < 4.78 is 5.07.